The molecule has 4 rings (SSSR count). The first-order valence-corrected chi connectivity index (χ1v) is 10.9. The van der Waals surface area contributed by atoms with E-state index in [1.54, 1.807) is 17.8 Å². The number of nitrogens with zero attached hydrogens (tertiary/aromatic N) is 2. The summed E-state index contributed by atoms with van der Waals surface area (Å²) in [4.78, 5) is 34.0. The Morgan fingerprint density at radius 2 is 1.89 bits per heavy atom. The third kappa shape index (κ3) is 4.88. The van der Waals surface area contributed by atoms with E-state index in [2.05, 4.69) is 20.2 Å². The van der Waals surface area contributed by atoms with Gasteiger partial charge in [0.1, 0.15) is 5.82 Å². The molecule has 0 spiro atoms. The molecular weight excluding hydrogens is 396 g/mol. The lowest BCUT2D eigenvalue weighted by Crippen LogP contribution is -2.32. The molecule has 0 bridgehead atoms. The minimum absolute atomic E-state index is 0. The minimum atomic E-state index is -0.100. The van der Waals surface area contributed by atoms with Crippen molar-refractivity contribution < 1.29 is 4.79 Å². The summed E-state index contributed by atoms with van der Waals surface area (Å²) in [6.07, 6.45) is 2.80. The molecule has 2 N–H and O–H groups in total. The summed E-state index contributed by atoms with van der Waals surface area (Å²) in [7, 11) is 0. The van der Waals surface area contributed by atoms with E-state index in [-0.39, 0.29) is 23.9 Å². The first kappa shape index (κ1) is 21.1. The Kier molecular flexibility index (Phi) is 7.37. The number of aromatic nitrogens is 2. The van der Waals surface area contributed by atoms with Gasteiger partial charge in [0.05, 0.1) is 16.7 Å². The zero-order valence-corrected chi connectivity index (χ0v) is 17.5. The molecule has 1 aromatic heterocycles. The van der Waals surface area contributed by atoms with Crippen molar-refractivity contribution in [3.8, 4) is 0 Å². The highest BCUT2D eigenvalue weighted by Gasteiger charge is 2.31. The van der Waals surface area contributed by atoms with E-state index in [1.807, 2.05) is 18.2 Å². The van der Waals surface area contributed by atoms with Crippen LogP contribution in [0.4, 0.5) is 0 Å². The number of hydrogen-bond acceptors (Lipinski definition) is 5. The largest absolute Gasteiger partial charge is 0.343 e. The molecule has 0 aliphatic carbocycles. The van der Waals surface area contributed by atoms with Crippen molar-refractivity contribution in [3.05, 3.63) is 40.4 Å². The van der Waals surface area contributed by atoms with Gasteiger partial charge in [0.25, 0.3) is 5.56 Å². The number of fused-ring (bicyclic) bond motifs is 2. The van der Waals surface area contributed by atoms with E-state index in [1.165, 1.54) is 0 Å². The first-order valence-electron chi connectivity index (χ1n) is 9.75. The highest BCUT2D eigenvalue weighted by molar-refractivity contribution is 7.98. The molecule has 2 fully saturated rings. The Labute approximate surface area is 175 Å². The molecule has 2 atom stereocenters. The van der Waals surface area contributed by atoms with Gasteiger partial charge in [-0.3, -0.25) is 9.59 Å². The van der Waals surface area contributed by atoms with Crippen molar-refractivity contribution in [2.75, 3.05) is 31.9 Å². The molecule has 2 saturated heterocycles. The number of halogens is 1. The van der Waals surface area contributed by atoms with Gasteiger partial charge >= 0.3 is 0 Å². The molecule has 1 amide bonds. The summed E-state index contributed by atoms with van der Waals surface area (Å²) in [5, 5.41) is 4.08. The summed E-state index contributed by atoms with van der Waals surface area (Å²) >= 11 is 1.65. The van der Waals surface area contributed by atoms with Crippen molar-refractivity contribution in [3.63, 3.8) is 0 Å². The molecule has 2 aliphatic rings. The Bertz CT molecular complexity index is 861. The van der Waals surface area contributed by atoms with Gasteiger partial charge in [0.15, 0.2) is 0 Å². The maximum atomic E-state index is 12.5. The third-order valence-corrected chi connectivity index (χ3v) is 6.70. The standard InChI is InChI=1S/C20H26N4O2S.ClH/c25-19(24-8-5-14-11-21-12-15(14)6-9-24)7-10-27-13-18-22-17-4-2-1-3-16(17)20(26)23-18;/h1-4,14-15,21H,5-13H2,(H,22,23,26);1H/t14-,15+;. The fraction of sp³-hybridized carbons (Fsp3) is 0.550. The maximum absolute atomic E-state index is 12.5. The molecule has 2 aliphatic heterocycles. The second-order valence-electron chi connectivity index (χ2n) is 7.47. The summed E-state index contributed by atoms with van der Waals surface area (Å²) in [6.45, 7) is 4.01. The number of para-hydroxylation sites is 1. The quantitative estimate of drug-likeness (QED) is 0.723. The molecule has 152 valence electrons. The summed E-state index contributed by atoms with van der Waals surface area (Å²) in [6, 6.07) is 7.36. The predicted molar refractivity (Wildman–Crippen MR) is 116 cm³/mol. The van der Waals surface area contributed by atoms with E-state index in [4.69, 9.17) is 0 Å². The number of thioether (sulfide) groups is 1. The minimum Gasteiger partial charge on any atom is -0.343 e. The lowest BCUT2D eigenvalue weighted by molar-refractivity contribution is -0.130. The van der Waals surface area contributed by atoms with Crippen LogP contribution in [0.1, 0.15) is 25.1 Å². The van der Waals surface area contributed by atoms with Crippen molar-refractivity contribution in [1.29, 1.82) is 0 Å². The van der Waals surface area contributed by atoms with Crippen LogP contribution in [0.25, 0.3) is 10.9 Å². The average Bonchev–Trinajstić information content (AvgIpc) is 3.03. The number of hydrogen-bond donors (Lipinski definition) is 2. The maximum Gasteiger partial charge on any atom is 0.258 e. The number of nitrogens with one attached hydrogen (secondary N) is 2. The fourth-order valence-corrected chi connectivity index (χ4v) is 4.95. The van der Waals surface area contributed by atoms with Gasteiger partial charge in [-0.15, -0.1) is 12.4 Å². The number of likely N-dealkylation sites (tertiary alicyclic amines) is 1. The molecule has 0 saturated carbocycles. The van der Waals surface area contributed by atoms with Crippen LogP contribution in [0.5, 0.6) is 0 Å². The van der Waals surface area contributed by atoms with Crippen molar-refractivity contribution >= 4 is 41.0 Å². The van der Waals surface area contributed by atoms with Crippen LogP contribution in [0, 0.1) is 11.8 Å². The van der Waals surface area contributed by atoms with E-state index >= 15 is 0 Å². The summed E-state index contributed by atoms with van der Waals surface area (Å²) in [5.74, 6) is 3.78. The normalized spacial score (nSPS) is 21.8. The zero-order valence-electron chi connectivity index (χ0n) is 15.9. The Morgan fingerprint density at radius 3 is 2.64 bits per heavy atom. The molecule has 8 heteroatoms. The monoisotopic (exact) mass is 422 g/mol. The highest BCUT2D eigenvalue weighted by atomic mass is 35.5. The molecule has 3 heterocycles. The average molecular weight is 423 g/mol. The number of carbonyl (C=O) groups excluding carboxylic acids is 1. The summed E-state index contributed by atoms with van der Waals surface area (Å²) < 4.78 is 0. The lowest BCUT2D eigenvalue weighted by atomic mass is 9.92. The van der Waals surface area contributed by atoms with Gasteiger partial charge < -0.3 is 15.2 Å². The molecule has 28 heavy (non-hydrogen) atoms. The smallest absolute Gasteiger partial charge is 0.258 e. The van der Waals surface area contributed by atoms with Gasteiger partial charge in [0.2, 0.25) is 5.91 Å². The number of H-pyrrole nitrogens is 1. The SMILES string of the molecule is Cl.O=C(CCSCc1nc2ccccc2c(=O)[nH]1)N1CC[C@@H]2CNC[C@@H]2CC1. The molecule has 2 aromatic rings. The molecular formula is C20H27ClN4O2S. The van der Waals surface area contributed by atoms with Crippen molar-refractivity contribution in [2.24, 2.45) is 11.8 Å². The van der Waals surface area contributed by atoms with Gasteiger partial charge in [-0.25, -0.2) is 4.98 Å². The number of rotatable bonds is 5. The van der Waals surface area contributed by atoms with E-state index in [9.17, 15) is 9.59 Å². The Hall–Kier alpha value is -1.57. The van der Waals surface area contributed by atoms with Crippen LogP contribution in [0.3, 0.4) is 0 Å². The third-order valence-electron chi connectivity index (χ3n) is 5.73. The van der Waals surface area contributed by atoms with Crippen LogP contribution in [-0.2, 0) is 10.5 Å². The number of amides is 1. The molecule has 1 aromatic carbocycles. The zero-order chi connectivity index (χ0) is 18.6. The van der Waals surface area contributed by atoms with Gasteiger partial charge in [-0.2, -0.15) is 11.8 Å². The van der Waals surface area contributed by atoms with E-state index in [0.29, 0.717) is 23.4 Å². The number of carbonyl (C=O) groups is 1. The highest BCUT2D eigenvalue weighted by Crippen LogP contribution is 2.27. The second kappa shape index (κ2) is 9.76. The van der Waals surface area contributed by atoms with Crippen LogP contribution in [0.15, 0.2) is 29.1 Å². The fourth-order valence-electron chi connectivity index (χ4n) is 4.16. The predicted octanol–water partition coefficient (Wildman–Crippen LogP) is 2.43. The Balaban J connectivity index is 0.00000225. The Morgan fingerprint density at radius 1 is 1.18 bits per heavy atom. The molecule has 0 radical (unpaired) electrons. The topological polar surface area (TPSA) is 78.1 Å². The van der Waals surface area contributed by atoms with Crippen molar-refractivity contribution in [1.82, 2.24) is 20.2 Å². The lowest BCUT2D eigenvalue weighted by Gasteiger charge is -2.20. The number of benzene rings is 1. The molecule has 6 nitrogen and oxygen atoms in total. The van der Waals surface area contributed by atoms with Gasteiger partial charge in [0, 0.05) is 25.3 Å². The first-order chi connectivity index (χ1) is 13.2. The van der Waals surface area contributed by atoms with Crippen LogP contribution < -0.4 is 10.9 Å². The molecule has 0 unspecified atom stereocenters. The van der Waals surface area contributed by atoms with Crippen LogP contribution in [0.2, 0.25) is 0 Å². The second-order valence-corrected chi connectivity index (χ2v) is 8.57. The van der Waals surface area contributed by atoms with Gasteiger partial charge in [-0.1, -0.05) is 12.1 Å². The van der Waals surface area contributed by atoms with E-state index in [0.717, 1.165) is 62.1 Å². The van der Waals surface area contributed by atoms with Crippen LogP contribution in [-0.4, -0.2) is 52.7 Å². The van der Waals surface area contributed by atoms with Crippen molar-refractivity contribution in [2.45, 2.75) is 25.0 Å². The van der Waals surface area contributed by atoms with Crippen LogP contribution >= 0.6 is 24.2 Å². The van der Waals surface area contributed by atoms with E-state index < -0.39 is 0 Å². The number of aromatic amines is 1. The van der Waals surface area contributed by atoms with Gasteiger partial charge in [-0.05, 0) is 49.9 Å². The summed E-state index contributed by atoms with van der Waals surface area (Å²) in [5.41, 5.74) is 0.620.